The average molecular weight is 127 g/mol. The van der Waals surface area contributed by atoms with Crippen molar-refractivity contribution < 1.29 is 0 Å². The van der Waals surface area contributed by atoms with Gasteiger partial charge in [-0.1, -0.05) is 18.8 Å². The van der Waals surface area contributed by atoms with E-state index in [1.165, 1.54) is 6.42 Å². The van der Waals surface area contributed by atoms with Gasteiger partial charge in [-0.25, -0.2) is 0 Å². The lowest BCUT2D eigenvalue weighted by atomic mass is 10.4. The maximum atomic E-state index is 4.99. The van der Waals surface area contributed by atoms with Gasteiger partial charge in [-0.3, -0.25) is 0 Å². The lowest BCUT2D eigenvalue weighted by Gasteiger charge is -2.08. The lowest BCUT2D eigenvalue weighted by molar-refractivity contribution is 0.612. The highest BCUT2D eigenvalue weighted by Gasteiger charge is 2.11. The van der Waals surface area contributed by atoms with E-state index in [0.717, 1.165) is 18.0 Å². The molecule has 0 aromatic heterocycles. The third-order valence-corrected chi connectivity index (χ3v) is 1.77. The molecule has 0 saturated carbocycles. The summed E-state index contributed by atoms with van der Waals surface area (Å²) in [4.78, 5) is 3.06. The number of hydrogen-bond acceptors (Lipinski definition) is 1. The van der Waals surface area contributed by atoms with Crippen LogP contribution in [0.2, 0.25) is 0 Å². The molecule has 0 N–H and O–H groups in total. The van der Waals surface area contributed by atoms with E-state index in [9.17, 15) is 0 Å². The molecule has 1 aliphatic heterocycles. The highest BCUT2D eigenvalue weighted by molar-refractivity contribution is 7.80. The third-order valence-electron chi connectivity index (χ3n) is 1.33. The van der Waals surface area contributed by atoms with E-state index in [-0.39, 0.29) is 0 Å². The Morgan fingerprint density at radius 2 is 2.50 bits per heavy atom. The molecule has 1 saturated heterocycles. The predicted octanol–water partition coefficient (Wildman–Crippen LogP) is 1.55. The van der Waals surface area contributed by atoms with Crippen molar-refractivity contribution >= 4 is 17.2 Å². The van der Waals surface area contributed by atoms with Gasteiger partial charge in [0, 0.05) is 6.54 Å². The summed E-state index contributed by atoms with van der Waals surface area (Å²) in [7, 11) is 0. The van der Waals surface area contributed by atoms with Crippen LogP contribution in [0.5, 0.6) is 0 Å². The van der Waals surface area contributed by atoms with E-state index < -0.39 is 0 Å². The third kappa shape index (κ3) is 0.892. The zero-order chi connectivity index (χ0) is 5.98. The van der Waals surface area contributed by atoms with Crippen LogP contribution in [0.25, 0.3) is 0 Å². The van der Waals surface area contributed by atoms with Crippen molar-refractivity contribution in [3.8, 4) is 0 Å². The fraction of sp³-hybridized carbons (Fsp3) is 0.500. The Bertz CT molecular complexity index is 120. The normalized spacial score (nSPS) is 19.5. The first-order valence-electron chi connectivity index (χ1n) is 2.76. The molecule has 1 rings (SSSR count). The molecule has 0 unspecified atom stereocenters. The van der Waals surface area contributed by atoms with Gasteiger partial charge in [0.2, 0.25) is 0 Å². The summed E-state index contributed by atoms with van der Waals surface area (Å²) in [5, 5.41) is 0. The summed E-state index contributed by atoms with van der Waals surface area (Å²) in [6.07, 6.45) is 4.07. The molecule has 0 aromatic carbocycles. The monoisotopic (exact) mass is 127 g/mol. The van der Waals surface area contributed by atoms with Crippen LogP contribution in [-0.2, 0) is 0 Å². The Morgan fingerprint density at radius 3 is 2.75 bits per heavy atom. The molecule has 0 spiro atoms. The maximum absolute atomic E-state index is 4.99. The van der Waals surface area contributed by atoms with Gasteiger partial charge in [0.1, 0.15) is 0 Å². The van der Waals surface area contributed by atoms with Gasteiger partial charge in [-0.05, 0) is 19.0 Å². The van der Waals surface area contributed by atoms with Gasteiger partial charge in [-0.2, -0.15) is 0 Å². The lowest BCUT2D eigenvalue weighted by Crippen LogP contribution is -2.14. The summed E-state index contributed by atoms with van der Waals surface area (Å²) >= 11 is 4.99. The Labute approximate surface area is 55.0 Å². The van der Waals surface area contributed by atoms with Crippen molar-refractivity contribution in [2.75, 3.05) is 6.54 Å². The molecule has 1 fully saturated rings. The largest absolute Gasteiger partial charge is 0.343 e. The maximum Gasteiger partial charge on any atom is 0.0819 e. The minimum Gasteiger partial charge on any atom is -0.343 e. The summed E-state index contributed by atoms with van der Waals surface area (Å²) in [6.45, 7) is 4.70. The molecule has 0 aliphatic carbocycles. The molecule has 0 radical (unpaired) electrons. The average Bonchev–Trinajstić information content (AvgIpc) is 2.14. The van der Waals surface area contributed by atoms with Crippen molar-refractivity contribution in [2.24, 2.45) is 0 Å². The first-order valence-corrected chi connectivity index (χ1v) is 3.17. The smallest absolute Gasteiger partial charge is 0.0819 e. The number of thiocarbonyl (C=S) groups is 1. The molecule has 0 bridgehead atoms. The van der Waals surface area contributed by atoms with Crippen LogP contribution in [-0.4, -0.2) is 16.4 Å². The zero-order valence-electron chi connectivity index (χ0n) is 4.76. The topological polar surface area (TPSA) is 3.24 Å². The Hall–Kier alpha value is -0.370. The fourth-order valence-electron chi connectivity index (χ4n) is 0.862. The van der Waals surface area contributed by atoms with E-state index in [1.54, 1.807) is 6.20 Å². The minimum atomic E-state index is 1.04. The highest BCUT2D eigenvalue weighted by atomic mass is 32.1. The number of nitrogens with zero attached hydrogens (tertiary/aromatic N) is 1. The SMILES string of the molecule is C=CN1CCCC1=S. The number of hydrogen-bond donors (Lipinski definition) is 0. The van der Waals surface area contributed by atoms with Crippen molar-refractivity contribution in [1.82, 2.24) is 4.90 Å². The fourth-order valence-corrected chi connectivity index (χ4v) is 1.17. The molecule has 44 valence electrons. The molecule has 0 aromatic rings. The number of rotatable bonds is 1. The van der Waals surface area contributed by atoms with Crippen molar-refractivity contribution in [1.29, 1.82) is 0 Å². The second-order valence-corrected chi connectivity index (χ2v) is 2.34. The van der Waals surface area contributed by atoms with Crippen LogP contribution in [0.1, 0.15) is 12.8 Å². The first-order chi connectivity index (χ1) is 3.84. The Morgan fingerprint density at radius 1 is 1.75 bits per heavy atom. The zero-order valence-corrected chi connectivity index (χ0v) is 5.58. The van der Waals surface area contributed by atoms with Gasteiger partial charge in [-0.15, -0.1) is 0 Å². The van der Waals surface area contributed by atoms with Gasteiger partial charge < -0.3 is 4.90 Å². The quantitative estimate of drug-likeness (QED) is 0.492. The van der Waals surface area contributed by atoms with Crippen molar-refractivity contribution in [2.45, 2.75) is 12.8 Å². The van der Waals surface area contributed by atoms with Crippen LogP contribution < -0.4 is 0 Å². The molecule has 0 amide bonds. The van der Waals surface area contributed by atoms with Gasteiger partial charge >= 0.3 is 0 Å². The number of likely N-dealkylation sites (tertiary alicyclic amines) is 1. The van der Waals surface area contributed by atoms with E-state index in [1.807, 2.05) is 4.90 Å². The summed E-state index contributed by atoms with van der Waals surface area (Å²) in [5.74, 6) is 0. The van der Waals surface area contributed by atoms with Crippen LogP contribution in [0.3, 0.4) is 0 Å². The van der Waals surface area contributed by atoms with Gasteiger partial charge in [0.25, 0.3) is 0 Å². The standard InChI is InChI=1S/C6H9NS/c1-2-7-5-3-4-6(7)8/h2H,1,3-5H2. The van der Waals surface area contributed by atoms with Crippen molar-refractivity contribution in [3.63, 3.8) is 0 Å². The molecule has 2 heteroatoms. The van der Waals surface area contributed by atoms with E-state index in [4.69, 9.17) is 12.2 Å². The van der Waals surface area contributed by atoms with E-state index in [2.05, 4.69) is 6.58 Å². The van der Waals surface area contributed by atoms with Crippen molar-refractivity contribution in [3.05, 3.63) is 12.8 Å². The molecule has 0 atom stereocenters. The Balaban J connectivity index is 2.54. The molecule has 1 nitrogen and oxygen atoms in total. The van der Waals surface area contributed by atoms with Crippen LogP contribution in [0.4, 0.5) is 0 Å². The van der Waals surface area contributed by atoms with E-state index >= 15 is 0 Å². The summed E-state index contributed by atoms with van der Waals surface area (Å²) in [5.41, 5.74) is 0. The molecule has 1 aliphatic rings. The predicted molar refractivity (Wildman–Crippen MR) is 38.7 cm³/mol. The van der Waals surface area contributed by atoms with Gasteiger partial charge in [0.15, 0.2) is 0 Å². The van der Waals surface area contributed by atoms with E-state index in [0.29, 0.717) is 0 Å². The summed E-state index contributed by atoms with van der Waals surface area (Å²) in [6, 6.07) is 0. The molecule has 8 heavy (non-hydrogen) atoms. The molecule has 1 heterocycles. The second-order valence-electron chi connectivity index (χ2n) is 1.87. The van der Waals surface area contributed by atoms with Crippen LogP contribution >= 0.6 is 12.2 Å². The van der Waals surface area contributed by atoms with Crippen LogP contribution in [0, 0.1) is 0 Å². The molecular weight excluding hydrogens is 118 g/mol. The second kappa shape index (κ2) is 2.27. The molecular formula is C6H9NS. The Kier molecular flexibility index (Phi) is 1.63. The highest BCUT2D eigenvalue weighted by Crippen LogP contribution is 2.10. The van der Waals surface area contributed by atoms with Crippen LogP contribution in [0.15, 0.2) is 12.8 Å². The minimum absolute atomic E-state index is 1.04. The summed E-state index contributed by atoms with van der Waals surface area (Å²) < 4.78 is 0. The first kappa shape index (κ1) is 5.76. The van der Waals surface area contributed by atoms with Gasteiger partial charge in [0.05, 0.1) is 4.99 Å².